The molecule has 2 rings (SSSR count). The van der Waals surface area contributed by atoms with Crippen molar-refractivity contribution < 1.29 is 9.53 Å². The molecule has 0 aliphatic carbocycles. The number of hydrogen-bond acceptors (Lipinski definition) is 4. The van der Waals surface area contributed by atoms with Crippen LogP contribution in [-0.4, -0.2) is 17.4 Å². The van der Waals surface area contributed by atoms with E-state index in [2.05, 4.69) is 26.2 Å². The van der Waals surface area contributed by atoms with E-state index in [1.165, 1.54) is 0 Å². The summed E-state index contributed by atoms with van der Waals surface area (Å²) < 4.78 is 6.46. The number of benzene rings is 1. The van der Waals surface area contributed by atoms with Crippen molar-refractivity contribution in [1.29, 1.82) is 0 Å². The minimum Gasteiger partial charge on any atom is -0.455 e. The van der Waals surface area contributed by atoms with Gasteiger partial charge in [-0.1, -0.05) is 0 Å². The van der Waals surface area contributed by atoms with Crippen LogP contribution in [0, 0.1) is 6.92 Å². The summed E-state index contributed by atoms with van der Waals surface area (Å²) in [6.07, 6.45) is 3.33. The van der Waals surface area contributed by atoms with Crippen LogP contribution in [0.4, 0.5) is 5.69 Å². The van der Waals surface area contributed by atoms with Gasteiger partial charge in [-0.2, -0.15) is 0 Å². The number of nitrogens with one attached hydrogen (secondary N) is 1. The van der Waals surface area contributed by atoms with Gasteiger partial charge in [0.25, 0.3) is 5.91 Å². The van der Waals surface area contributed by atoms with E-state index in [0.717, 1.165) is 5.56 Å². The first-order chi connectivity index (χ1) is 10.0. The van der Waals surface area contributed by atoms with Crippen molar-refractivity contribution in [2.24, 2.45) is 0 Å². The molecule has 1 heterocycles. The molecule has 0 unspecified atom stereocenters. The number of carbonyl (C=O) groups excluding carboxylic acids is 1. The van der Waals surface area contributed by atoms with E-state index >= 15 is 0 Å². The minimum atomic E-state index is -0.229. The number of nitrogens with zero attached hydrogens (tertiary/aromatic N) is 1. The second-order valence-electron chi connectivity index (χ2n) is 4.53. The molecule has 0 spiro atoms. The first kappa shape index (κ1) is 15.3. The lowest BCUT2D eigenvalue weighted by Gasteiger charge is -2.13. The maximum Gasteiger partial charge on any atom is 0.255 e. The van der Waals surface area contributed by atoms with Crippen LogP contribution in [0.25, 0.3) is 0 Å². The number of hydrogen-bond donors (Lipinski definition) is 2. The van der Waals surface area contributed by atoms with Gasteiger partial charge < -0.3 is 15.8 Å². The number of ether oxygens (including phenoxy) is 1. The van der Waals surface area contributed by atoms with Crippen molar-refractivity contribution in [2.75, 3.05) is 12.3 Å². The summed E-state index contributed by atoms with van der Waals surface area (Å²) in [5.41, 5.74) is 7.69. The molecule has 110 valence electrons. The summed E-state index contributed by atoms with van der Waals surface area (Å²) in [5.74, 6) is 0.763. The first-order valence-corrected chi connectivity index (χ1v) is 7.27. The molecule has 1 amide bonds. The second kappa shape index (κ2) is 6.58. The monoisotopic (exact) mass is 349 g/mol. The Bertz CT molecular complexity index is 674. The average Bonchev–Trinajstić information content (AvgIpc) is 2.43. The molecule has 0 radical (unpaired) electrons. The van der Waals surface area contributed by atoms with Gasteiger partial charge in [0.15, 0.2) is 0 Å². The van der Waals surface area contributed by atoms with Crippen LogP contribution in [-0.2, 0) is 0 Å². The Hall–Kier alpha value is -2.08. The van der Waals surface area contributed by atoms with Crippen LogP contribution in [0.15, 0.2) is 35.1 Å². The van der Waals surface area contributed by atoms with E-state index in [0.29, 0.717) is 33.8 Å². The topological polar surface area (TPSA) is 77.2 Å². The summed E-state index contributed by atoms with van der Waals surface area (Å²) in [5, 5.41) is 2.74. The first-order valence-electron chi connectivity index (χ1n) is 6.48. The average molecular weight is 350 g/mol. The Morgan fingerprint density at radius 1 is 1.38 bits per heavy atom. The third-order valence-electron chi connectivity index (χ3n) is 2.76. The quantitative estimate of drug-likeness (QED) is 0.830. The summed E-state index contributed by atoms with van der Waals surface area (Å²) >= 11 is 3.34. The lowest BCUT2D eigenvalue weighted by Crippen LogP contribution is -2.23. The third kappa shape index (κ3) is 3.72. The number of carbonyl (C=O) groups is 1. The van der Waals surface area contributed by atoms with Crippen LogP contribution in [0.2, 0.25) is 0 Å². The van der Waals surface area contributed by atoms with Crippen molar-refractivity contribution in [3.05, 3.63) is 46.2 Å². The summed E-state index contributed by atoms with van der Waals surface area (Å²) in [7, 11) is 0. The van der Waals surface area contributed by atoms with E-state index in [9.17, 15) is 4.79 Å². The van der Waals surface area contributed by atoms with Crippen molar-refractivity contribution in [3.63, 3.8) is 0 Å². The molecule has 2 aromatic rings. The van der Waals surface area contributed by atoms with E-state index in [-0.39, 0.29) is 5.91 Å². The van der Waals surface area contributed by atoms with Crippen molar-refractivity contribution >= 4 is 27.5 Å². The van der Waals surface area contributed by atoms with Crippen LogP contribution >= 0.6 is 15.9 Å². The number of pyridine rings is 1. The highest BCUT2D eigenvalue weighted by atomic mass is 79.9. The highest BCUT2D eigenvalue weighted by Gasteiger charge is 2.15. The molecule has 0 aliphatic rings. The van der Waals surface area contributed by atoms with E-state index in [1.807, 2.05) is 19.9 Å². The summed E-state index contributed by atoms with van der Waals surface area (Å²) in [6, 6.07) is 5.12. The van der Waals surface area contributed by atoms with Crippen molar-refractivity contribution in [3.8, 4) is 11.5 Å². The highest BCUT2D eigenvalue weighted by molar-refractivity contribution is 9.10. The highest BCUT2D eigenvalue weighted by Crippen LogP contribution is 2.32. The zero-order valence-corrected chi connectivity index (χ0v) is 13.4. The SMILES string of the molecule is CCNC(=O)c1cc(N)c(Br)cc1Oc1cncc(C)c1. The number of nitrogens with two attached hydrogens (primary N) is 1. The van der Waals surface area contributed by atoms with Gasteiger partial charge in [0.2, 0.25) is 0 Å². The zero-order valence-electron chi connectivity index (χ0n) is 11.8. The van der Waals surface area contributed by atoms with Crippen LogP contribution in [0.1, 0.15) is 22.8 Å². The predicted octanol–water partition coefficient (Wildman–Crippen LogP) is 3.28. The van der Waals surface area contributed by atoms with E-state index in [1.54, 1.807) is 24.5 Å². The summed E-state index contributed by atoms with van der Waals surface area (Å²) in [6.45, 7) is 4.30. The minimum absolute atomic E-state index is 0.229. The maximum absolute atomic E-state index is 12.1. The van der Waals surface area contributed by atoms with Gasteiger partial charge in [-0.3, -0.25) is 9.78 Å². The second-order valence-corrected chi connectivity index (χ2v) is 5.38. The largest absolute Gasteiger partial charge is 0.455 e. The maximum atomic E-state index is 12.1. The number of anilines is 1. The van der Waals surface area contributed by atoms with Gasteiger partial charge in [0.1, 0.15) is 11.5 Å². The molecular weight excluding hydrogens is 334 g/mol. The zero-order chi connectivity index (χ0) is 15.4. The number of amides is 1. The number of halogens is 1. The molecule has 0 bridgehead atoms. The molecular formula is C15H16BrN3O2. The van der Waals surface area contributed by atoms with Crippen LogP contribution < -0.4 is 15.8 Å². The molecule has 1 aromatic carbocycles. The Balaban J connectivity index is 2.41. The lowest BCUT2D eigenvalue weighted by molar-refractivity contribution is 0.0953. The Kier molecular flexibility index (Phi) is 4.80. The molecule has 6 heteroatoms. The molecule has 3 N–H and O–H groups in total. The molecule has 0 saturated carbocycles. The number of aromatic nitrogens is 1. The van der Waals surface area contributed by atoms with Crippen LogP contribution in [0.5, 0.6) is 11.5 Å². The molecule has 0 fully saturated rings. The van der Waals surface area contributed by atoms with Crippen molar-refractivity contribution in [1.82, 2.24) is 10.3 Å². The fraction of sp³-hybridized carbons (Fsp3) is 0.200. The number of nitrogen functional groups attached to an aromatic ring is 1. The van der Waals surface area contributed by atoms with Crippen LogP contribution in [0.3, 0.4) is 0 Å². The normalized spacial score (nSPS) is 10.2. The fourth-order valence-electron chi connectivity index (χ4n) is 1.80. The van der Waals surface area contributed by atoms with Crippen molar-refractivity contribution in [2.45, 2.75) is 13.8 Å². The Morgan fingerprint density at radius 2 is 2.14 bits per heavy atom. The van der Waals surface area contributed by atoms with Gasteiger partial charge in [0.05, 0.1) is 11.8 Å². The Labute approximate surface area is 131 Å². The molecule has 0 saturated heterocycles. The molecule has 1 aromatic heterocycles. The predicted molar refractivity (Wildman–Crippen MR) is 85.6 cm³/mol. The van der Waals surface area contributed by atoms with Gasteiger partial charge >= 0.3 is 0 Å². The van der Waals surface area contributed by atoms with Gasteiger partial charge in [-0.25, -0.2) is 0 Å². The van der Waals surface area contributed by atoms with Gasteiger partial charge in [-0.05, 0) is 53.5 Å². The lowest BCUT2D eigenvalue weighted by atomic mass is 10.1. The smallest absolute Gasteiger partial charge is 0.255 e. The molecule has 21 heavy (non-hydrogen) atoms. The summed E-state index contributed by atoms with van der Waals surface area (Å²) in [4.78, 5) is 16.2. The molecule has 0 atom stereocenters. The van der Waals surface area contributed by atoms with Gasteiger partial charge in [0, 0.05) is 22.9 Å². The standard InChI is InChI=1S/C15H16BrN3O2/c1-3-19-15(20)11-5-13(17)12(16)6-14(11)21-10-4-9(2)7-18-8-10/h4-8H,3,17H2,1-2H3,(H,19,20). The van der Waals surface area contributed by atoms with E-state index in [4.69, 9.17) is 10.5 Å². The van der Waals surface area contributed by atoms with Gasteiger partial charge in [-0.15, -0.1) is 0 Å². The third-order valence-corrected chi connectivity index (χ3v) is 3.45. The number of rotatable bonds is 4. The molecule has 5 nitrogen and oxygen atoms in total. The fourth-order valence-corrected chi connectivity index (χ4v) is 2.12. The molecule has 0 aliphatic heterocycles. The number of aryl methyl sites for hydroxylation is 1. The van der Waals surface area contributed by atoms with E-state index < -0.39 is 0 Å². The Morgan fingerprint density at radius 3 is 2.81 bits per heavy atom.